The number of piperidine rings is 1. The SMILES string of the molecule is COC(=O)c1c(OC[C@H]2CCCN(C)C2)cc(=O)n2c1CCN(Cc1cc3ccccc3s1)CC2. The normalized spacial score (nSPS) is 19.3. The summed E-state index contributed by atoms with van der Waals surface area (Å²) in [6.07, 6.45) is 2.82. The van der Waals surface area contributed by atoms with Crippen LogP contribution in [0.4, 0.5) is 0 Å². The van der Waals surface area contributed by atoms with E-state index >= 15 is 0 Å². The summed E-state index contributed by atoms with van der Waals surface area (Å²) in [5.41, 5.74) is 1.01. The Morgan fingerprint density at radius 3 is 2.80 bits per heavy atom. The third-order valence-electron chi connectivity index (χ3n) is 7.13. The monoisotopic (exact) mass is 495 g/mol. The number of methoxy groups -OCH3 is 1. The summed E-state index contributed by atoms with van der Waals surface area (Å²) in [5.74, 6) is 0.305. The third kappa shape index (κ3) is 5.29. The number of hydrogen-bond donors (Lipinski definition) is 0. The number of likely N-dealkylation sites (tertiary alicyclic amines) is 1. The lowest BCUT2D eigenvalue weighted by Gasteiger charge is -2.29. The number of nitrogens with zero attached hydrogens (tertiary/aromatic N) is 3. The van der Waals surface area contributed by atoms with Gasteiger partial charge in [-0.1, -0.05) is 18.2 Å². The van der Waals surface area contributed by atoms with E-state index < -0.39 is 5.97 Å². The Morgan fingerprint density at radius 2 is 2.00 bits per heavy atom. The fourth-order valence-electron chi connectivity index (χ4n) is 5.34. The molecule has 0 bridgehead atoms. The third-order valence-corrected chi connectivity index (χ3v) is 8.23. The zero-order chi connectivity index (χ0) is 24.4. The molecule has 0 N–H and O–H groups in total. The predicted octanol–water partition coefficient (Wildman–Crippen LogP) is 3.63. The lowest BCUT2D eigenvalue weighted by atomic mass is 9.99. The van der Waals surface area contributed by atoms with Crippen LogP contribution in [0.5, 0.6) is 5.75 Å². The van der Waals surface area contributed by atoms with Gasteiger partial charge in [0, 0.05) is 66.4 Å². The predicted molar refractivity (Wildman–Crippen MR) is 139 cm³/mol. The van der Waals surface area contributed by atoms with E-state index in [-0.39, 0.29) is 5.56 Å². The molecule has 35 heavy (non-hydrogen) atoms. The molecule has 1 atom stereocenters. The highest BCUT2D eigenvalue weighted by atomic mass is 32.1. The minimum Gasteiger partial charge on any atom is -0.492 e. The van der Waals surface area contributed by atoms with Crippen molar-refractivity contribution in [2.24, 2.45) is 5.92 Å². The van der Waals surface area contributed by atoms with Gasteiger partial charge in [0.15, 0.2) is 0 Å². The number of carbonyl (C=O) groups excluding carboxylic acids is 1. The second-order valence-corrected chi connectivity index (χ2v) is 10.8. The highest BCUT2D eigenvalue weighted by Crippen LogP contribution is 2.28. The van der Waals surface area contributed by atoms with Crippen molar-refractivity contribution >= 4 is 27.4 Å². The van der Waals surface area contributed by atoms with Crippen LogP contribution >= 0.6 is 11.3 Å². The van der Waals surface area contributed by atoms with Crippen LogP contribution in [0, 0.1) is 5.92 Å². The lowest BCUT2D eigenvalue weighted by molar-refractivity contribution is 0.0590. The molecule has 186 valence electrons. The molecule has 2 aromatic heterocycles. The summed E-state index contributed by atoms with van der Waals surface area (Å²) in [6, 6.07) is 12.1. The van der Waals surface area contributed by atoms with Crippen LogP contribution in [-0.4, -0.2) is 67.3 Å². The molecule has 1 saturated heterocycles. The standard InChI is InChI=1S/C27H33N3O4S/c1-28-10-5-6-19(16-28)18-34-23-15-25(31)30-13-12-29(11-9-22(30)26(23)27(32)33-2)17-21-14-20-7-3-4-8-24(20)35-21/h3-4,7-8,14-15,19H,5-6,9-13,16-18H2,1-2H3/t19-/m0/s1. The van der Waals surface area contributed by atoms with E-state index in [9.17, 15) is 9.59 Å². The van der Waals surface area contributed by atoms with Gasteiger partial charge in [0.05, 0.1) is 13.7 Å². The first-order chi connectivity index (χ1) is 17.0. The second-order valence-electron chi connectivity index (χ2n) is 9.67. The summed E-state index contributed by atoms with van der Waals surface area (Å²) >= 11 is 1.81. The minimum absolute atomic E-state index is 0.118. The summed E-state index contributed by atoms with van der Waals surface area (Å²) < 4.78 is 14.3. The first-order valence-corrected chi connectivity index (χ1v) is 13.2. The van der Waals surface area contributed by atoms with Crippen LogP contribution in [0.2, 0.25) is 0 Å². The van der Waals surface area contributed by atoms with E-state index in [0.717, 1.165) is 51.3 Å². The molecule has 2 aliphatic rings. The van der Waals surface area contributed by atoms with Gasteiger partial charge >= 0.3 is 5.97 Å². The molecule has 8 heteroatoms. The molecule has 0 amide bonds. The number of hydrogen-bond acceptors (Lipinski definition) is 7. The minimum atomic E-state index is -0.442. The van der Waals surface area contributed by atoms with Crippen molar-refractivity contribution in [2.45, 2.75) is 32.4 Å². The van der Waals surface area contributed by atoms with Gasteiger partial charge in [-0.25, -0.2) is 4.79 Å². The summed E-state index contributed by atoms with van der Waals surface area (Å²) in [4.78, 5) is 31.9. The number of carbonyl (C=O) groups is 1. The van der Waals surface area contributed by atoms with Gasteiger partial charge in [-0.05, 0) is 44.0 Å². The Morgan fingerprint density at radius 1 is 1.14 bits per heavy atom. The van der Waals surface area contributed by atoms with Crippen molar-refractivity contribution in [2.75, 3.05) is 46.9 Å². The molecule has 0 radical (unpaired) electrons. The molecule has 7 nitrogen and oxygen atoms in total. The molecule has 0 spiro atoms. The van der Waals surface area contributed by atoms with E-state index in [1.165, 1.54) is 28.1 Å². The highest BCUT2D eigenvalue weighted by Gasteiger charge is 2.27. The first-order valence-electron chi connectivity index (χ1n) is 12.4. The maximum atomic E-state index is 13.1. The molecule has 4 heterocycles. The maximum absolute atomic E-state index is 13.1. The van der Waals surface area contributed by atoms with E-state index in [0.29, 0.717) is 36.8 Å². The lowest BCUT2D eigenvalue weighted by Crippen LogP contribution is -2.35. The van der Waals surface area contributed by atoms with Crippen molar-refractivity contribution in [3.05, 3.63) is 62.9 Å². The Balaban J connectivity index is 1.36. The number of esters is 1. The largest absolute Gasteiger partial charge is 0.492 e. The first kappa shape index (κ1) is 24.0. The molecule has 5 rings (SSSR count). The maximum Gasteiger partial charge on any atom is 0.343 e. The average molecular weight is 496 g/mol. The molecular weight excluding hydrogens is 462 g/mol. The quantitative estimate of drug-likeness (QED) is 0.487. The molecule has 0 aliphatic carbocycles. The van der Waals surface area contributed by atoms with Gasteiger partial charge in [-0.3, -0.25) is 9.69 Å². The van der Waals surface area contributed by atoms with Crippen LogP contribution in [-0.2, 0) is 24.2 Å². The second kappa shape index (κ2) is 10.5. The number of rotatable bonds is 6. The Labute approximate surface area is 209 Å². The number of fused-ring (bicyclic) bond motifs is 2. The zero-order valence-electron chi connectivity index (χ0n) is 20.5. The number of benzene rings is 1. The fraction of sp³-hybridized carbons (Fsp3) is 0.481. The fourth-order valence-corrected chi connectivity index (χ4v) is 6.45. The summed E-state index contributed by atoms with van der Waals surface area (Å²) in [5, 5.41) is 1.26. The van der Waals surface area contributed by atoms with Crippen LogP contribution in [0.3, 0.4) is 0 Å². The van der Waals surface area contributed by atoms with Gasteiger partial charge < -0.3 is 18.9 Å². The van der Waals surface area contributed by atoms with Crippen LogP contribution < -0.4 is 10.3 Å². The van der Waals surface area contributed by atoms with Crippen LogP contribution in [0.1, 0.15) is 33.8 Å². The highest BCUT2D eigenvalue weighted by molar-refractivity contribution is 7.19. The van der Waals surface area contributed by atoms with Gasteiger partial charge in [0.25, 0.3) is 5.56 Å². The molecule has 2 aliphatic heterocycles. The van der Waals surface area contributed by atoms with Crippen molar-refractivity contribution < 1.29 is 14.3 Å². The van der Waals surface area contributed by atoms with E-state index in [1.54, 1.807) is 4.57 Å². The van der Waals surface area contributed by atoms with Crippen molar-refractivity contribution in [1.82, 2.24) is 14.4 Å². The molecule has 1 aromatic carbocycles. The number of thiophene rings is 1. The van der Waals surface area contributed by atoms with Crippen molar-refractivity contribution in [3.8, 4) is 5.75 Å². The Bertz CT molecular complexity index is 1230. The van der Waals surface area contributed by atoms with Crippen LogP contribution in [0.15, 0.2) is 41.2 Å². The molecule has 3 aromatic rings. The van der Waals surface area contributed by atoms with E-state index in [4.69, 9.17) is 9.47 Å². The molecular formula is C27H33N3O4S. The number of ether oxygens (including phenoxy) is 2. The van der Waals surface area contributed by atoms with Gasteiger partial charge in [-0.2, -0.15) is 0 Å². The van der Waals surface area contributed by atoms with Crippen molar-refractivity contribution in [1.29, 1.82) is 0 Å². The summed E-state index contributed by atoms with van der Waals surface area (Å²) in [7, 11) is 3.50. The van der Waals surface area contributed by atoms with E-state index in [2.05, 4.69) is 47.2 Å². The smallest absolute Gasteiger partial charge is 0.343 e. The van der Waals surface area contributed by atoms with E-state index in [1.807, 2.05) is 11.3 Å². The Hall–Kier alpha value is -2.68. The topological polar surface area (TPSA) is 64.0 Å². The molecule has 0 unspecified atom stereocenters. The molecule has 0 saturated carbocycles. The van der Waals surface area contributed by atoms with Crippen molar-refractivity contribution in [3.63, 3.8) is 0 Å². The van der Waals surface area contributed by atoms with Gasteiger partial charge in [0.2, 0.25) is 0 Å². The number of aromatic nitrogens is 1. The molecule has 1 fully saturated rings. The number of pyridine rings is 1. The van der Waals surface area contributed by atoms with Gasteiger partial charge in [-0.15, -0.1) is 11.3 Å². The zero-order valence-corrected chi connectivity index (χ0v) is 21.3. The Kier molecular flexibility index (Phi) is 7.22. The van der Waals surface area contributed by atoms with Crippen LogP contribution in [0.25, 0.3) is 10.1 Å². The summed E-state index contributed by atoms with van der Waals surface area (Å²) in [6.45, 7) is 5.43. The average Bonchev–Trinajstić information content (AvgIpc) is 3.15. The van der Waals surface area contributed by atoms with Gasteiger partial charge in [0.1, 0.15) is 11.3 Å².